The molecule has 2 aromatic heterocycles. The first-order valence-electron chi connectivity index (χ1n) is 9.27. The summed E-state index contributed by atoms with van der Waals surface area (Å²) in [5, 5.41) is 5.10. The lowest BCUT2D eigenvalue weighted by Crippen LogP contribution is -2.28. The molecule has 4 aromatic rings. The van der Waals surface area contributed by atoms with Gasteiger partial charge in [0.25, 0.3) is 11.5 Å². The minimum absolute atomic E-state index is 0.181. The number of aromatic amines is 1. The number of anilines is 2. The Morgan fingerprint density at radius 2 is 1.93 bits per heavy atom. The molecule has 30 heavy (non-hydrogen) atoms. The van der Waals surface area contributed by atoms with Crippen LogP contribution in [-0.4, -0.2) is 34.9 Å². The highest BCUT2D eigenvalue weighted by Gasteiger charge is 2.17. The van der Waals surface area contributed by atoms with E-state index in [-0.39, 0.29) is 18.0 Å². The lowest BCUT2D eigenvalue weighted by atomic mass is 10.1. The molecule has 152 valence electrons. The second-order valence-electron chi connectivity index (χ2n) is 6.71. The Morgan fingerprint density at radius 3 is 2.70 bits per heavy atom. The summed E-state index contributed by atoms with van der Waals surface area (Å²) in [4.78, 5) is 34.0. The van der Waals surface area contributed by atoms with Gasteiger partial charge in [0.15, 0.2) is 0 Å². The van der Waals surface area contributed by atoms with E-state index in [1.165, 1.54) is 16.2 Å². The van der Waals surface area contributed by atoms with E-state index in [4.69, 9.17) is 4.74 Å². The van der Waals surface area contributed by atoms with Crippen LogP contribution < -0.4 is 15.6 Å². The van der Waals surface area contributed by atoms with Gasteiger partial charge in [-0.05, 0) is 47.8 Å². The molecule has 0 aliphatic heterocycles. The smallest absolute Gasteiger partial charge is 0.268 e. The van der Waals surface area contributed by atoms with Crippen molar-refractivity contribution in [3.8, 4) is 5.75 Å². The van der Waals surface area contributed by atoms with Gasteiger partial charge >= 0.3 is 0 Å². The van der Waals surface area contributed by atoms with Crippen molar-refractivity contribution in [3.63, 3.8) is 0 Å². The highest BCUT2D eigenvalue weighted by Crippen LogP contribution is 2.24. The van der Waals surface area contributed by atoms with Gasteiger partial charge in [-0.25, -0.2) is 4.98 Å². The molecule has 8 heteroatoms. The van der Waals surface area contributed by atoms with E-state index < -0.39 is 0 Å². The molecular formula is C22H20N4O3S. The zero-order valence-electron chi connectivity index (χ0n) is 16.5. The molecule has 0 atom stereocenters. The van der Waals surface area contributed by atoms with Crippen molar-refractivity contribution in [3.05, 3.63) is 81.7 Å². The summed E-state index contributed by atoms with van der Waals surface area (Å²) in [6.45, 7) is 0.191. The number of thiophene rings is 1. The number of fused-ring (bicyclic) bond motifs is 1. The maximum absolute atomic E-state index is 13.1. The zero-order valence-corrected chi connectivity index (χ0v) is 17.3. The van der Waals surface area contributed by atoms with E-state index in [1.54, 1.807) is 26.3 Å². The number of hydrogen-bond donors (Lipinski definition) is 2. The van der Waals surface area contributed by atoms with Crippen molar-refractivity contribution in [1.82, 2.24) is 14.9 Å². The number of H-pyrrole nitrogens is 1. The molecule has 4 rings (SSSR count). The molecule has 2 aromatic carbocycles. The maximum atomic E-state index is 13.1. The summed E-state index contributed by atoms with van der Waals surface area (Å²) in [5.74, 6) is 1.02. The molecule has 2 heterocycles. The molecule has 0 aliphatic rings. The number of carbonyl (C=O) groups is 1. The molecule has 2 N–H and O–H groups in total. The number of carbonyl (C=O) groups excluding carboxylic acids is 1. The molecule has 0 bridgehead atoms. The molecule has 0 saturated carbocycles. The van der Waals surface area contributed by atoms with Crippen LogP contribution in [-0.2, 0) is 6.54 Å². The van der Waals surface area contributed by atoms with E-state index in [0.717, 1.165) is 11.4 Å². The molecule has 0 saturated heterocycles. The largest absolute Gasteiger partial charge is 0.497 e. The van der Waals surface area contributed by atoms with Gasteiger partial charge < -0.3 is 19.9 Å². The van der Waals surface area contributed by atoms with Crippen molar-refractivity contribution < 1.29 is 9.53 Å². The van der Waals surface area contributed by atoms with Crippen LogP contribution in [0.15, 0.2) is 64.8 Å². The SMILES string of the molecule is COc1ccc(Nc2ccccc2C(=O)N(C)Cc2nc3ccsc3c(=O)[nH]2)cc1. The van der Waals surface area contributed by atoms with Crippen molar-refractivity contribution in [1.29, 1.82) is 0 Å². The molecule has 0 spiro atoms. The van der Waals surface area contributed by atoms with E-state index >= 15 is 0 Å². The number of nitrogens with zero attached hydrogens (tertiary/aromatic N) is 2. The lowest BCUT2D eigenvalue weighted by molar-refractivity contribution is 0.0782. The number of methoxy groups -OCH3 is 1. The van der Waals surface area contributed by atoms with Crippen molar-refractivity contribution in [2.75, 3.05) is 19.5 Å². The van der Waals surface area contributed by atoms with Crippen LogP contribution in [0, 0.1) is 0 Å². The Hall–Kier alpha value is -3.65. The van der Waals surface area contributed by atoms with Crippen LogP contribution in [0.3, 0.4) is 0 Å². The molecule has 1 amide bonds. The van der Waals surface area contributed by atoms with Gasteiger partial charge in [-0.15, -0.1) is 11.3 Å². The third-order valence-electron chi connectivity index (χ3n) is 4.62. The first-order chi connectivity index (χ1) is 14.5. The number of para-hydroxylation sites is 1. The first kappa shape index (κ1) is 19.7. The van der Waals surface area contributed by atoms with E-state index in [1.807, 2.05) is 47.8 Å². The Labute approximate surface area is 177 Å². The third-order valence-corrected chi connectivity index (χ3v) is 5.53. The molecule has 0 radical (unpaired) electrons. The summed E-state index contributed by atoms with van der Waals surface area (Å²) < 4.78 is 5.77. The van der Waals surface area contributed by atoms with Crippen LogP contribution in [0.5, 0.6) is 5.75 Å². The molecule has 0 fully saturated rings. The van der Waals surface area contributed by atoms with Crippen LogP contribution in [0.25, 0.3) is 10.2 Å². The second kappa shape index (κ2) is 8.38. The number of amides is 1. The van der Waals surface area contributed by atoms with Crippen molar-refractivity contribution in [2.24, 2.45) is 0 Å². The van der Waals surface area contributed by atoms with E-state index in [0.29, 0.717) is 27.3 Å². The Kier molecular flexibility index (Phi) is 5.49. The van der Waals surface area contributed by atoms with E-state index in [9.17, 15) is 9.59 Å². The van der Waals surface area contributed by atoms with Crippen LogP contribution in [0.4, 0.5) is 11.4 Å². The maximum Gasteiger partial charge on any atom is 0.268 e. The fraction of sp³-hybridized carbons (Fsp3) is 0.136. The number of ether oxygens (including phenoxy) is 1. The number of rotatable bonds is 6. The Balaban J connectivity index is 1.55. The summed E-state index contributed by atoms with van der Waals surface area (Å²) in [6.07, 6.45) is 0. The normalized spacial score (nSPS) is 10.7. The first-order valence-corrected chi connectivity index (χ1v) is 10.1. The third kappa shape index (κ3) is 4.04. The minimum Gasteiger partial charge on any atom is -0.497 e. The van der Waals surface area contributed by atoms with Crippen molar-refractivity contribution >= 4 is 38.8 Å². The van der Waals surface area contributed by atoms with Crippen molar-refractivity contribution in [2.45, 2.75) is 6.54 Å². The lowest BCUT2D eigenvalue weighted by Gasteiger charge is -2.19. The number of nitrogens with one attached hydrogen (secondary N) is 2. The van der Waals surface area contributed by atoms with Gasteiger partial charge in [-0.1, -0.05) is 12.1 Å². The van der Waals surface area contributed by atoms with Gasteiger partial charge in [-0.2, -0.15) is 0 Å². The summed E-state index contributed by atoms with van der Waals surface area (Å²) in [5.41, 5.74) is 2.50. The van der Waals surface area contributed by atoms with Crippen LogP contribution >= 0.6 is 11.3 Å². The van der Waals surface area contributed by atoms with E-state index in [2.05, 4.69) is 15.3 Å². The fourth-order valence-electron chi connectivity index (χ4n) is 3.11. The quantitative estimate of drug-likeness (QED) is 0.492. The summed E-state index contributed by atoms with van der Waals surface area (Å²) in [7, 11) is 3.30. The average Bonchev–Trinajstić information content (AvgIpc) is 3.23. The predicted molar refractivity (Wildman–Crippen MR) is 119 cm³/mol. The average molecular weight is 420 g/mol. The van der Waals surface area contributed by atoms with Crippen LogP contribution in [0.2, 0.25) is 0 Å². The van der Waals surface area contributed by atoms with Gasteiger partial charge in [0.2, 0.25) is 0 Å². The number of benzene rings is 2. The van der Waals surface area contributed by atoms with Gasteiger partial charge in [0.05, 0.1) is 30.4 Å². The monoisotopic (exact) mass is 420 g/mol. The van der Waals surface area contributed by atoms with Gasteiger partial charge in [0.1, 0.15) is 16.3 Å². The molecule has 0 unspecified atom stereocenters. The fourth-order valence-corrected chi connectivity index (χ4v) is 3.83. The predicted octanol–water partition coefficient (Wildman–Crippen LogP) is 4.01. The number of hydrogen-bond acceptors (Lipinski definition) is 6. The molecule has 0 aliphatic carbocycles. The Morgan fingerprint density at radius 1 is 1.17 bits per heavy atom. The van der Waals surface area contributed by atoms with Crippen LogP contribution in [0.1, 0.15) is 16.2 Å². The van der Waals surface area contributed by atoms with Gasteiger partial charge in [-0.3, -0.25) is 9.59 Å². The zero-order chi connectivity index (χ0) is 21.1. The summed E-state index contributed by atoms with van der Waals surface area (Å²) >= 11 is 1.35. The second-order valence-corrected chi connectivity index (χ2v) is 7.62. The minimum atomic E-state index is -0.188. The topological polar surface area (TPSA) is 87.3 Å². The number of aromatic nitrogens is 2. The highest BCUT2D eigenvalue weighted by molar-refractivity contribution is 7.17. The van der Waals surface area contributed by atoms with Gasteiger partial charge in [0, 0.05) is 12.7 Å². The molecule has 7 nitrogen and oxygen atoms in total. The summed E-state index contributed by atoms with van der Waals surface area (Å²) in [6, 6.07) is 16.6. The highest BCUT2D eigenvalue weighted by atomic mass is 32.1. The Bertz CT molecular complexity index is 1250. The standard InChI is InChI=1S/C22H20N4O3S/c1-26(13-19-24-18-11-12-30-20(18)21(27)25-19)22(28)16-5-3-4-6-17(16)23-14-7-9-15(29-2)10-8-14/h3-12,23H,13H2,1-2H3,(H,24,25,27). The molecular weight excluding hydrogens is 400 g/mol.